The number of aromatic nitrogens is 3. The molecule has 7 nitrogen and oxygen atoms in total. The summed E-state index contributed by atoms with van der Waals surface area (Å²) >= 11 is 1.11. The second-order valence-electron chi connectivity index (χ2n) is 8.21. The second-order valence-corrected chi connectivity index (χ2v) is 8.82. The summed E-state index contributed by atoms with van der Waals surface area (Å²) in [7, 11) is 0. The van der Waals surface area contributed by atoms with E-state index >= 15 is 0 Å². The highest BCUT2D eigenvalue weighted by Gasteiger charge is 2.35. The fraction of sp³-hybridized carbons (Fsp3) is 0.375. The molecule has 3 aromatic rings. The number of hydrogen-bond acceptors (Lipinski definition) is 6. The Kier molecular flexibility index (Phi) is 7.21. The number of nitrogens with zero attached hydrogens (tertiary/aromatic N) is 4. The number of nitrogens with one attached hydrogen (secondary N) is 1. The lowest BCUT2D eigenvalue weighted by atomic mass is 9.95. The van der Waals surface area contributed by atoms with Crippen LogP contribution in [0.4, 0.5) is 0 Å². The van der Waals surface area contributed by atoms with Crippen molar-refractivity contribution >= 4 is 23.3 Å². The van der Waals surface area contributed by atoms with Gasteiger partial charge in [0, 0.05) is 24.2 Å². The lowest BCUT2D eigenvalue weighted by Gasteiger charge is -2.32. The molecule has 0 bridgehead atoms. The fourth-order valence-corrected chi connectivity index (χ4v) is 4.51. The Morgan fingerprint density at radius 2 is 1.91 bits per heavy atom. The minimum absolute atomic E-state index is 0.125. The van der Waals surface area contributed by atoms with Crippen LogP contribution in [0.15, 0.2) is 54.0 Å². The summed E-state index contributed by atoms with van der Waals surface area (Å²) in [5.41, 5.74) is 2.82. The molecule has 1 aliphatic carbocycles. The number of benzene rings is 1. The summed E-state index contributed by atoms with van der Waals surface area (Å²) < 4.78 is 3.84. The number of rotatable bonds is 7. The molecule has 166 valence electrons. The summed E-state index contributed by atoms with van der Waals surface area (Å²) in [4.78, 5) is 33.1. The van der Waals surface area contributed by atoms with Gasteiger partial charge in [-0.1, -0.05) is 59.6 Å². The van der Waals surface area contributed by atoms with E-state index in [1.165, 1.54) is 6.42 Å². The Labute approximate surface area is 192 Å². The first-order valence-electron chi connectivity index (χ1n) is 11.0. The van der Waals surface area contributed by atoms with Gasteiger partial charge in [0.15, 0.2) is 11.7 Å². The SMILES string of the molecule is Cc1ccc(CN(C(=O)c2csnn2)C(C(=O)NC2CCCCC2)c2ccccn2)cc1. The van der Waals surface area contributed by atoms with Crippen molar-refractivity contribution in [2.75, 3.05) is 0 Å². The lowest BCUT2D eigenvalue weighted by Crippen LogP contribution is -2.47. The molecule has 0 saturated heterocycles. The molecule has 4 rings (SSSR count). The van der Waals surface area contributed by atoms with Crippen molar-refractivity contribution < 1.29 is 9.59 Å². The van der Waals surface area contributed by atoms with Crippen molar-refractivity contribution in [3.63, 3.8) is 0 Å². The van der Waals surface area contributed by atoms with Crippen LogP contribution in [-0.4, -0.2) is 37.3 Å². The maximum atomic E-state index is 13.6. The summed E-state index contributed by atoms with van der Waals surface area (Å²) in [6, 6.07) is 12.6. The molecule has 2 heterocycles. The van der Waals surface area contributed by atoms with E-state index in [-0.39, 0.29) is 30.1 Å². The molecule has 1 unspecified atom stereocenters. The molecule has 1 N–H and O–H groups in total. The van der Waals surface area contributed by atoms with Gasteiger partial charge >= 0.3 is 0 Å². The van der Waals surface area contributed by atoms with Gasteiger partial charge in [0.1, 0.15) is 0 Å². The van der Waals surface area contributed by atoms with Crippen LogP contribution in [0.3, 0.4) is 0 Å². The summed E-state index contributed by atoms with van der Waals surface area (Å²) in [5, 5.41) is 8.77. The van der Waals surface area contributed by atoms with Gasteiger partial charge in [-0.05, 0) is 49.0 Å². The highest BCUT2D eigenvalue weighted by atomic mass is 32.1. The average molecular weight is 450 g/mol. The molecular weight excluding hydrogens is 422 g/mol. The van der Waals surface area contributed by atoms with Crippen molar-refractivity contribution in [2.45, 2.75) is 57.7 Å². The van der Waals surface area contributed by atoms with Crippen molar-refractivity contribution in [3.8, 4) is 0 Å². The summed E-state index contributed by atoms with van der Waals surface area (Å²) in [6.07, 6.45) is 6.98. The predicted molar refractivity (Wildman–Crippen MR) is 123 cm³/mol. The van der Waals surface area contributed by atoms with Crippen LogP contribution in [-0.2, 0) is 11.3 Å². The highest BCUT2D eigenvalue weighted by Crippen LogP contribution is 2.26. The average Bonchev–Trinajstić information content (AvgIpc) is 3.36. The number of carbonyl (C=O) groups excluding carboxylic acids is 2. The van der Waals surface area contributed by atoms with Crippen LogP contribution in [0, 0.1) is 6.92 Å². The van der Waals surface area contributed by atoms with Crippen molar-refractivity contribution in [1.82, 2.24) is 24.8 Å². The van der Waals surface area contributed by atoms with Crippen molar-refractivity contribution in [2.24, 2.45) is 0 Å². The molecule has 0 spiro atoms. The molecule has 1 atom stereocenters. The molecule has 2 aromatic heterocycles. The summed E-state index contributed by atoms with van der Waals surface area (Å²) in [5.74, 6) is -0.548. The van der Waals surface area contributed by atoms with Crippen LogP contribution in [0.1, 0.15) is 65.5 Å². The van der Waals surface area contributed by atoms with Gasteiger partial charge in [0.2, 0.25) is 5.91 Å². The smallest absolute Gasteiger partial charge is 0.276 e. The molecule has 1 saturated carbocycles. The number of carbonyl (C=O) groups is 2. The van der Waals surface area contributed by atoms with E-state index in [0.29, 0.717) is 5.69 Å². The molecule has 8 heteroatoms. The van der Waals surface area contributed by atoms with Gasteiger partial charge in [-0.15, -0.1) is 5.10 Å². The van der Waals surface area contributed by atoms with E-state index in [4.69, 9.17) is 0 Å². The van der Waals surface area contributed by atoms with Crippen molar-refractivity contribution in [1.29, 1.82) is 0 Å². The van der Waals surface area contributed by atoms with Crippen molar-refractivity contribution in [3.05, 3.63) is 76.6 Å². The van der Waals surface area contributed by atoms with E-state index in [2.05, 4.69) is 19.9 Å². The van der Waals surface area contributed by atoms with Gasteiger partial charge in [-0.25, -0.2) is 0 Å². The van der Waals surface area contributed by atoms with Crippen LogP contribution in [0.25, 0.3) is 0 Å². The quantitative estimate of drug-likeness (QED) is 0.587. The monoisotopic (exact) mass is 449 g/mol. The maximum Gasteiger partial charge on any atom is 0.276 e. The molecule has 1 aromatic carbocycles. The molecule has 1 fully saturated rings. The Morgan fingerprint density at radius 3 is 2.56 bits per heavy atom. The minimum Gasteiger partial charge on any atom is -0.351 e. The zero-order valence-corrected chi connectivity index (χ0v) is 18.9. The number of pyridine rings is 1. The van der Waals surface area contributed by atoms with E-state index < -0.39 is 6.04 Å². The molecule has 32 heavy (non-hydrogen) atoms. The first kappa shape index (κ1) is 22.1. The Hall–Kier alpha value is -3.13. The van der Waals surface area contributed by atoms with E-state index in [1.807, 2.05) is 37.3 Å². The molecule has 0 aliphatic heterocycles. The van der Waals surface area contributed by atoms with Gasteiger partial charge in [-0.2, -0.15) is 0 Å². The van der Waals surface area contributed by atoms with Crippen LogP contribution in [0.2, 0.25) is 0 Å². The topological polar surface area (TPSA) is 88.1 Å². The first-order chi connectivity index (χ1) is 15.6. The third-order valence-corrected chi connectivity index (χ3v) is 6.30. The number of hydrogen-bond donors (Lipinski definition) is 1. The molecular formula is C24H27N5O2S. The lowest BCUT2D eigenvalue weighted by molar-refractivity contribution is -0.127. The Morgan fingerprint density at radius 1 is 1.12 bits per heavy atom. The first-order valence-corrected chi connectivity index (χ1v) is 11.8. The fourth-order valence-electron chi connectivity index (χ4n) is 4.08. The van der Waals surface area contributed by atoms with Crippen LogP contribution >= 0.6 is 11.5 Å². The molecule has 2 amide bonds. The maximum absolute atomic E-state index is 13.6. The standard InChI is InChI=1S/C24H27N5O2S/c1-17-10-12-18(13-11-17)15-29(24(31)21-16-32-28-27-21)22(20-9-5-6-14-25-20)23(30)26-19-7-3-2-4-8-19/h5-6,9-14,16,19,22H,2-4,7-8,15H2,1H3,(H,26,30). The Bertz CT molecular complexity index is 1020. The van der Waals surface area contributed by atoms with E-state index in [1.54, 1.807) is 28.6 Å². The number of aryl methyl sites for hydroxylation is 1. The Balaban J connectivity index is 1.70. The minimum atomic E-state index is -0.867. The van der Waals surface area contributed by atoms with E-state index in [0.717, 1.165) is 48.3 Å². The normalized spacial score (nSPS) is 15.2. The van der Waals surface area contributed by atoms with Gasteiger partial charge < -0.3 is 10.2 Å². The largest absolute Gasteiger partial charge is 0.351 e. The summed E-state index contributed by atoms with van der Waals surface area (Å²) in [6.45, 7) is 2.28. The zero-order valence-electron chi connectivity index (χ0n) is 18.1. The molecule has 1 aliphatic rings. The second kappa shape index (κ2) is 10.5. The predicted octanol–water partition coefficient (Wildman–Crippen LogP) is 4.07. The van der Waals surface area contributed by atoms with Gasteiger partial charge in [0.25, 0.3) is 5.91 Å². The van der Waals surface area contributed by atoms with Gasteiger partial charge in [0.05, 0.1) is 5.69 Å². The zero-order chi connectivity index (χ0) is 22.3. The van der Waals surface area contributed by atoms with Crippen LogP contribution in [0.5, 0.6) is 0 Å². The third-order valence-electron chi connectivity index (χ3n) is 5.79. The number of amides is 2. The molecule has 0 radical (unpaired) electrons. The highest BCUT2D eigenvalue weighted by molar-refractivity contribution is 7.03. The third kappa shape index (κ3) is 5.37. The van der Waals surface area contributed by atoms with Gasteiger partial charge in [-0.3, -0.25) is 14.6 Å². The van der Waals surface area contributed by atoms with Crippen LogP contribution < -0.4 is 5.32 Å². The van der Waals surface area contributed by atoms with E-state index in [9.17, 15) is 9.59 Å².